The molecule has 3 rings (SSSR count). The molecule has 22 heavy (non-hydrogen) atoms. The van der Waals surface area contributed by atoms with Crippen molar-refractivity contribution in [1.82, 2.24) is 15.3 Å². The molecule has 1 aromatic heterocycles. The third kappa shape index (κ3) is 3.40. The van der Waals surface area contributed by atoms with Crippen molar-refractivity contribution in [2.45, 2.75) is 24.9 Å². The van der Waals surface area contributed by atoms with Gasteiger partial charge in [0.2, 0.25) is 0 Å². The number of carbonyl (C=O) groups excluding carboxylic acids is 1. The van der Waals surface area contributed by atoms with Crippen molar-refractivity contribution in [2.75, 3.05) is 11.9 Å². The number of anilines is 1. The van der Waals surface area contributed by atoms with Crippen LogP contribution in [0.5, 0.6) is 0 Å². The Hall–Kier alpha value is -2.47. The van der Waals surface area contributed by atoms with Crippen molar-refractivity contribution in [3.8, 4) is 11.4 Å². The van der Waals surface area contributed by atoms with Crippen LogP contribution in [0.4, 0.5) is 10.5 Å². The van der Waals surface area contributed by atoms with E-state index in [-0.39, 0.29) is 12.6 Å². The Morgan fingerprint density at radius 1 is 1.18 bits per heavy atom. The lowest BCUT2D eigenvalue weighted by Gasteiger charge is -2.36. The van der Waals surface area contributed by atoms with Gasteiger partial charge < -0.3 is 15.7 Å². The smallest absolute Gasteiger partial charge is 0.319 e. The molecular weight excluding hydrogens is 280 g/mol. The minimum Gasteiger partial charge on any atom is -0.388 e. The molecule has 0 spiro atoms. The largest absolute Gasteiger partial charge is 0.388 e. The van der Waals surface area contributed by atoms with Gasteiger partial charge in [-0.05, 0) is 19.3 Å². The van der Waals surface area contributed by atoms with E-state index in [1.807, 2.05) is 30.3 Å². The second-order valence-electron chi connectivity index (χ2n) is 5.55. The van der Waals surface area contributed by atoms with Gasteiger partial charge in [0.1, 0.15) is 0 Å². The number of urea groups is 1. The maximum Gasteiger partial charge on any atom is 0.319 e. The number of nitrogens with zero attached hydrogens (tertiary/aromatic N) is 2. The Morgan fingerprint density at radius 3 is 2.45 bits per heavy atom. The molecule has 2 amide bonds. The van der Waals surface area contributed by atoms with E-state index in [0.717, 1.165) is 24.8 Å². The van der Waals surface area contributed by atoms with Crippen LogP contribution in [0.25, 0.3) is 11.4 Å². The molecular formula is C16H18N4O2. The molecule has 114 valence electrons. The highest BCUT2D eigenvalue weighted by molar-refractivity contribution is 5.88. The van der Waals surface area contributed by atoms with Crippen molar-refractivity contribution in [1.29, 1.82) is 0 Å². The minimum absolute atomic E-state index is 0.266. The third-order valence-corrected chi connectivity index (χ3v) is 3.80. The molecule has 1 aliphatic rings. The summed E-state index contributed by atoms with van der Waals surface area (Å²) in [6, 6.07) is 9.26. The fourth-order valence-electron chi connectivity index (χ4n) is 2.31. The summed E-state index contributed by atoms with van der Waals surface area (Å²) in [6.45, 7) is 0.266. The minimum atomic E-state index is -0.731. The van der Waals surface area contributed by atoms with E-state index in [9.17, 15) is 9.90 Å². The zero-order valence-electron chi connectivity index (χ0n) is 12.1. The number of nitrogens with one attached hydrogen (secondary N) is 2. The van der Waals surface area contributed by atoms with Crippen LogP contribution in [-0.2, 0) is 0 Å². The molecule has 0 bridgehead atoms. The lowest BCUT2D eigenvalue weighted by atomic mass is 9.80. The van der Waals surface area contributed by atoms with E-state index in [2.05, 4.69) is 20.6 Å². The summed E-state index contributed by atoms with van der Waals surface area (Å²) in [5.41, 5.74) is 0.703. The average molecular weight is 298 g/mol. The van der Waals surface area contributed by atoms with E-state index in [1.54, 1.807) is 12.4 Å². The van der Waals surface area contributed by atoms with Gasteiger partial charge in [-0.3, -0.25) is 0 Å². The first-order valence-electron chi connectivity index (χ1n) is 7.29. The molecule has 2 aromatic rings. The molecule has 1 fully saturated rings. The zero-order valence-corrected chi connectivity index (χ0v) is 12.1. The van der Waals surface area contributed by atoms with Gasteiger partial charge in [0.05, 0.1) is 23.7 Å². The Labute approximate surface area is 128 Å². The molecule has 0 atom stereocenters. The number of hydrogen-bond donors (Lipinski definition) is 3. The summed E-state index contributed by atoms with van der Waals surface area (Å²) in [6.07, 6.45) is 5.61. The number of aliphatic hydroxyl groups is 1. The first kappa shape index (κ1) is 14.5. The third-order valence-electron chi connectivity index (χ3n) is 3.80. The number of benzene rings is 1. The molecule has 0 aliphatic heterocycles. The lowest BCUT2D eigenvalue weighted by molar-refractivity contribution is -0.0287. The summed E-state index contributed by atoms with van der Waals surface area (Å²) in [4.78, 5) is 20.2. The molecule has 0 saturated heterocycles. The van der Waals surface area contributed by atoms with Crippen LogP contribution in [-0.4, -0.2) is 33.3 Å². The zero-order chi connectivity index (χ0) is 15.4. The molecule has 6 nitrogen and oxygen atoms in total. The standard InChI is InChI=1S/C16H18N4O2/c21-15(19-11-16(22)7-4-8-16)20-13-9-17-14(18-10-13)12-5-2-1-3-6-12/h1-3,5-6,9-10,22H,4,7-8,11H2,(H2,19,20,21). The van der Waals surface area contributed by atoms with Gasteiger partial charge in [0, 0.05) is 12.1 Å². The van der Waals surface area contributed by atoms with Crippen molar-refractivity contribution in [3.05, 3.63) is 42.7 Å². The maximum atomic E-state index is 11.8. The Balaban J connectivity index is 1.55. The van der Waals surface area contributed by atoms with Crippen LogP contribution in [0.1, 0.15) is 19.3 Å². The van der Waals surface area contributed by atoms with Crippen LogP contribution in [0.2, 0.25) is 0 Å². The molecule has 0 radical (unpaired) electrons. The predicted molar refractivity (Wildman–Crippen MR) is 83.3 cm³/mol. The monoisotopic (exact) mass is 298 g/mol. The predicted octanol–water partition coefficient (Wildman–Crippen LogP) is 2.18. The normalized spacial score (nSPS) is 15.7. The van der Waals surface area contributed by atoms with Gasteiger partial charge >= 0.3 is 6.03 Å². The first-order chi connectivity index (χ1) is 10.6. The molecule has 6 heteroatoms. The Bertz CT molecular complexity index is 639. The Kier molecular flexibility index (Phi) is 4.02. The average Bonchev–Trinajstić information content (AvgIpc) is 2.53. The van der Waals surface area contributed by atoms with E-state index >= 15 is 0 Å². The summed E-state index contributed by atoms with van der Waals surface area (Å²) in [7, 11) is 0. The highest BCUT2D eigenvalue weighted by Crippen LogP contribution is 2.30. The second kappa shape index (κ2) is 6.11. The van der Waals surface area contributed by atoms with Gasteiger partial charge in [-0.2, -0.15) is 0 Å². The van der Waals surface area contributed by atoms with Crippen molar-refractivity contribution >= 4 is 11.7 Å². The van der Waals surface area contributed by atoms with Gasteiger partial charge in [0.15, 0.2) is 5.82 Å². The fraction of sp³-hybridized carbons (Fsp3) is 0.312. The van der Waals surface area contributed by atoms with Crippen LogP contribution < -0.4 is 10.6 Å². The van der Waals surface area contributed by atoms with Crippen LogP contribution >= 0.6 is 0 Å². The van der Waals surface area contributed by atoms with Gasteiger partial charge in [-0.15, -0.1) is 0 Å². The second-order valence-corrected chi connectivity index (χ2v) is 5.55. The van der Waals surface area contributed by atoms with E-state index in [1.165, 1.54) is 0 Å². The highest BCUT2D eigenvalue weighted by atomic mass is 16.3. The molecule has 1 heterocycles. The van der Waals surface area contributed by atoms with E-state index in [4.69, 9.17) is 0 Å². The summed E-state index contributed by atoms with van der Waals surface area (Å²) in [5.74, 6) is 0.607. The van der Waals surface area contributed by atoms with Gasteiger partial charge in [-0.25, -0.2) is 14.8 Å². The quantitative estimate of drug-likeness (QED) is 0.807. The Morgan fingerprint density at radius 2 is 1.86 bits per heavy atom. The van der Waals surface area contributed by atoms with Crippen molar-refractivity contribution in [2.24, 2.45) is 0 Å². The summed E-state index contributed by atoms with van der Waals surface area (Å²) >= 11 is 0. The summed E-state index contributed by atoms with van der Waals surface area (Å²) < 4.78 is 0. The van der Waals surface area contributed by atoms with Crippen molar-refractivity contribution in [3.63, 3.8) is 0 Å². The number of hydrogen-bond acceptors (Lipinski definition) is 4. The first-order valence-corrected chi connectivity index (χ1v) is 7.29. The van der Waals surface area contributed by atoms with E-state index in [0.29, 0.717) is 11.5 Å². The summed E-state index contributed by atoms with van der Waals surface area (Å²) in [5, 5.41) is 15.2. The molecule has 3 N–H and O–H groups in total. The number of carbonyl (C=O) groups is 1. The fourth-order valence-corrected chi connectivity index (χ4v) is 2.31. The topological polar surface area (TPSA) is 87.1 Å². The van der Waals surface area contributed by atoms with Crippen LogP contribution in [0.15, 0.2) is 42.7 Å². The van der Waals surface area contributed by atoms with Crippen molar-refractivity contribution < 1.29 is 9.90 Å². The number of amides is 2. The van der Waals surface area contributed by atoms with Gasteiger partial charge in [0.25, 0.3) is 0 Å². The van der Waals surface area contributed by atoms with Crippen LogP contribution in [0.3, 0.4) is 0 Å². The molecule has 1 saturated carbocycles. The van der Waals surface area contributed by atoms with E-state index < -0.39 is 5.60 Å². The van der Waals surface area contributed by atoms with Gasteiger partial charge in [-0.1, -0.05) is 30.3 Å². The highest BCUT2D eigenvalue weighted by Gasteiger charge is 2.34. The lowest BCUT2D eigenvalue weighted by Crippen LogP contribution is -2.48. The number of rotatable bonds is 4. The molecule has 1 aliphatic carbocycles. The SMILES string of the molecule is O=C(NCC1(O)CCC1)Nc1cnc(-c2ccccc2)nc1. The number of aromatic nitrogens is 2. The van der Waals surface area contributed by atoms with Crippen LogP contribution in [0, 0.1) is 0 Å². The molecule has 0 unspecified atom stereocenters. The maximum absolute atomic E-state index is 11.8. The molecule has 1 aromatic carbocycles.